The predicted molar refractivity (Wildman–Crippen MR) is 156 cm³/mol. The van der Waals surface area contributed by atoms with Gasteiger partial charge >= 0.3 is 0 Å². The van der Waals surface area contributed by atoms with E-state index in [1.54, 1.807) is 0 Å². The zero-order valence-corrected chi connectivity index (χ0v) is 22.9. The molecule has 1 saturated heterocycles. The van der Waals surface area contributed by atoms with Gasteiger partial charge in [0.25, 0.3) is 5.84 Å². The lowest BCUT2D eigenvalue weighted by atomic mass is 9.92. The van der Waals surface area contributed by atoms with Gasteiger partial charge in [0.2, 0.25) is 11.8 Å². The number of likely N-dealkylation sites (tertiary alicyclic amines) is 1. The molecule has 8 heteroatoms. The summed E-state index contributed by atoms with van der Waals surface area (Å²) >= 11 is 0. The van der Waals surface area contributed by atoms with E-state index in [2.05, 4.69) is 10.4 Å². The number of benzene rings is 3. The minimum Gasteiger partial charge on any atom is -0.489 e. The molecule has 210 valence electrons. The van der Waals surface area contributed by atoms with E-state index in [1.165, 1.54) is 5.56 Å². The Morgan fingerprint density at radius 2 is 1.52 bits per heavy atom. The normalized spacial score (nSPS) is 14.9. The summed E-state index contributed by atoms with van der Waals surface area (Å²) in [5.41, 5.74) is 9.38. The Labute approximate surface area is 236 Å². The fourth-order valence-electron chi connectivity index (χ4n) is 4.99. The van der Waals surface area contributed by atoms with Gasteiger partial charge in [-0.2, -0.15) is 5.10 Å². The highest BCUT2D eigenvalue weighted by Crippen LogP contribution is 2.22. The van der Waals surface area contributed by atoms with E-state index in [-0.39, 0.29) is 17.7 Å². The Kier molecular flexibility index (Phi) is 10.6. The molecule has 3 aromatic rings. The first-order valence-electron chi connectivity index (χ1n) is 14.0. The number of amidine groups is 1. The summed E-state index contributed by atoms with van der Waals surface area (Å²) in [5, 5.41) is 5.54. The largest absolute Gasteiger partial charge is 0.489 e. The molecule has 1 aliphatic heterocycles. The maximum Gasteiger partial charge on any atom is 0.286 e. The Bertz CT molecular complexity index is 1240. The number of carbonyl (C=O) groups is 2. The number of rotatable bonds is 12. The maximum atomic E-state index is 12.9. The van der Waals surface area contributed by atoms with Crippen LogP contribution in [0.3, 0.4) is 0 Å². The number of carbonyl (C=O) groups excluding carboxylic acids is 2. The molecule has 1 atom stereocenters. The van der Waals surface area contributed by atoms with Gasteiger partial charge in [0.05, 0.1) is 0 Å². The SMILES string of the molecule is N/[NH+]=C(\N)C(Cc1ccc(OCc2ccccc2)cc1)NC(=O)CC1CCN(C(=O)CCc2ccccc2)CC1. The second-order valence-electron chi connectivity index (χ2n) is 10.4. The number of hydrogen-bond acceptors (Lipinski definition) is 4. The quantitative estimate of drug-likeness (QED) is 0.120. The lowest BCUT2D eigenvalue weighted by molar-refractivity contribution is -0.472. The molecule has 0 spiro atoms. The van der Waals surface area contributed by atoms with Gasteiger partial charge in [-0.15, -0.1) is 0 Å². The molecule has 6 N–H and O–H groups in total. The van der Waals surface area contributed by atoms with Gasteiger partial charge in [-0.1, -0.05) is 72.8 Å². The second-order valence-corrected chi connectivity index (χ2v) is 10.4. The van der Waals surface area contributed by atoms with Crippen molar-refractivity contribution in [2.45, 2.75) is 51.2 Å². The minimum atomic E-state index is -0.451. The van der Waals surface area contributed by atoms with Crippen molar-refractivity contribution in [2.24, 2.45) is 17.5 Å². The van der Waals surface area contributed by atoms with E-state index in [1.807, 2.05) is 89.8 Å². The lowest BCUT2D eigenvalue weighted by Crippen LogP contribution is -2.85. The van der Waals surface area contributed by atoms with Crippen molar-refractivity contribution in [1.29, 1.82) is 0 Å². The molecule has 3 aromatic carbocycles. The molecule has 0 radical (unpaired) electrons. The zero-order valence-electron chi connectivity index (χ0n) is 22.9. The van der Waals surface area contributed by atoms with Crippen LogP contribution < -0.4 is 26.7 Å². The summed E-state index contributed by atoms with van der Waals surface area (Å²) < 4.78 is 5.87. The van der Waals surface area contributed by atoms with Crippen LogP contribution in [-0.2, 0) is 29.0 Å². The highest BCUT2D eigenvalue weighted by atomic mass is 16.5. The third kappa shape index (κ3) is 8.86. The fraction of sp³-hybridized carbons (Fsp3) is 0.344. The summed E-state index contributed by atoms with van der Waals surface area (Å²) in [6.07, 6.45) is 3.78. The molecule has 1 aliphatic rings. The van der Waals surface area contributed by atoms with Crippen LogP contribution in [0.15, 0.2) is 84.9 Å². The fourth-order valence-corrected chi connectivity index (χ4v) is 4.99. The van der Waals surface area contributed by atoms with Gasteiger partial charge in [-0.3, -0.25) is 21.2 Å². The van der Waals surface area contributed by atoms with Gasteiger partial charge < -0.3 is 15.0 Å². The average molecular weight is 543 g/mol. The van der Waals surface area contributed by atoms with Crippen LogP contribution in [-0.4, -0.2) is 41.7 Å². The molecular weight excluding hydrogens is 502 g/mol. The highest BCUT2D eigenvalue weighted by Gasteiger charge is 2.27. The van der Waals surface area contributed by atoms with Crippen LogP contribution in [0.25, 0.3) is 0 Å². The van der Waals surface area contributed by atoms with Crippen molar-refractivity contribution in [1.82, 2.24) is 10.2 Å². The van der Waals surface area contributed by atoms with E-state index in [4.69, 9.17) is 16.3 Å². The Hall–Kier alpha value is -4.33. The first-order chi connectivity index (χ1) is 19.5. The summed E-state index contributed by atoms with van der Waals surface area (Å²) in [7, 11) is 0. The van der Waals surface area contributed by atoms with Crippen molar-refractivity contribution in [2.75, 3.05) is 13.1 Å². The van der Waals surface area contributed by atoms with Gasteiger partial charge in [0.1, 0.15) is 18.4 Å². The molecule has 0 aliphatic carbocycles. The Morgan fingerprint density at radius 1 is 0.900 bits per heavy atom. The molecule has 1 fully saturated rings. The van der Waals surface area contributed by atoms with Crippen LogP contribution in [0.2, 0.25) is 0 Å². The van der Waals surface area contributed by atoms with Crippen molar-refractivity contribution in [3.63, 3.8) is 0 Å². The van der Waals surface area contributed by atoms with Crippen LogP contribution in [0.4, 0.5) is 0 Å². The number of hydrogen-bond donors (Lipinski definition) is 4. The number of aryl methyl sites for hydroxylation is 1. The topological polar surface area (TPSA) is 125 Å². The van der Waals surface area contributed by atoms with Gasteiger partial charge in [0.15, 0.2) is 0 Å². The predicted octanol–water partition coefficient (Wildman–Crippen LogP) is 1.87. The third-order valence-electron chi connectivity index (χ3n) is 7.40. The summed E-state index contributed by atoms with van der Waals surface area (Å²) in [4.78, 5) is 27.5. The smallest absolute Gasteiger partial charge is 0.286 e. The number of nitrogens with zero attached hydrogens (tertiary/aromatic N) is 1. The van der Waals surface area contributed by atoms with E-state index in [9.17, 15) is 9.59 Å². The number of nitrogens with two attached hydrogens (primary N) is 2. The number of ether oxygens (including phenoxy) is 1. The molecule has 2 amide bonds. The molecular formula is C32H40N5O3+. The monoisotopic (exact) mass is 542 g/mol. The Morgan fingerprint density at radius 3 is 2.15 bits per heavy atom. The number of amides is 2. The summed E-state index contributed by atoms with van der Waals surface area (Å²) in [6, 6.07) is 27.4. The molecule has 1 heterocycles. The standard InChI is InChI=1S/C32H39N5O3/c33-32(36-34)29(21-25-11-14-28(15-12-25)40-23-27-9-5-2-6-10-27)35-30(38)22-26-17-19-37(20-18-26)31(39)16-13-24-7-3-1-4-8-24/h1-12,14-15,26,29H,13,16-23,34H2,(H2,33,36)(H,35,38)/p+1. The minimum absolute atomic E-state index is 0.0696. The molecule has 0 bridgehead atoms. The van der Waals surface area contributed by atoms with E-state index in [0.717, 1.165) is 36.1 Å². The van der Waals surface area contributed by atoms with Crippen LogP contribution in [0.1, 0.15) is 42.4 Å². The lowest BCUT2D eigenvalue weighted by Gasteiger charge is -2.32. The highest BCUT2D eigenvalue weighted by molar-refractivity contribution is 5.87. The number of nitrogens with one attached hydrogen (secondary N) is 2. The number of hydrazine groups is 1. The van der Waals surface area contributed by atoms with Crippen molar-refractivity contribution in [3.8, 4) is 5.75 Å². The summed E-state index contributed by atoms with van der Waals surface area (Å²) in [5.74, 6) is 7.00. The van der Waals surface area contributed by atoms with Crippen LogP contribution >= 0.6 is 0 Å². The van der Waals surface area contributed by atoms with Crippen LogP contribution in [0, 0.1) is 5.92 Å². The van der Waals surface area contributed by atoms with Gasteiger partial charge in [0, 0.05) is 32.4 Å². The molecule has 0 saturated carbocycles. The zero-order chi connectivity index (χ0) is 28.2. The van der Waals surface area contributed by atoms with Crippen molar-refractivity contribution < 1.29 is 19.4 Å². The van der Waals surface area contributed by atoms with Gasteiger partial charge in [-0.25, -0.2) is 0 Å². The van der Waals surface area contributed by atoms with Gasteiger partial charge in [-0.05, 0) is 54.0 Å². The molecule has 4 rings (SSSR count). The van der Waals surface area contributed by atoms with E-state index < -0.39 is 6.04 Å². The molecule has 40 heavy (non-hydrogen) atoms. The Balaban J connectivity index is 1.21. The first kappa shape index (κ1) is 28.7. The first-order valence-corrected chi connectivity index (χ1v) is 14.0. The maximum absolute atomic E-state index is 12.9. The van der Waals surface area contributed by atoms with E-state index >= 15 is 0 Å². The van der Waals surface area contributed by atoms with E-state index in [0.29, 0.717) is 44.8 Å². The molecule has 0 aromatic heterocycles. The second kappa shape index (κ2) is 14.7. The average Bonchev–Trinajstić information content (AvgIpc) is 3.00. The van der Waals surface area contributed by atoms with Crippen molar-refractivity contribution in [3.05, 3.63) is 102 Å². The third-order valence-corrected chi connectivity index (χ3v) is 7.40. The van der Waals surface area contributed by atoms with Crippen molar-refractivity contribution >= 4 is 17.6 Å². The molecule has 1 unspecified atom stereocenters. The number of piperidine rings is 1. The molecule has 8 nitrogen and oxygen atoms in total. The van der Waals surface area contributed by atoms with Crippen LogP contribution in [0.5, 0.6) is 5.75 Å². The summed E-state index contributed by atoms with van der Waals surface area (Å²) in [6.45, 7) is 1.87. The number of hydrazone groups is 1.